The molecule has 1 fully saturated rings. The standard InChI is InChI=1S/C7H12FNO3/c1-7(12)2-3-9(6(10)11)4-5(7)8/h5,12H,2-4H2,1H3,(H,10,11)/t5-,7?/m1/s1. The molecule has 0 spiro atoms. The van der Waals surface area contributed by atoms with Crippen molar-refractivity contribution in [3.05, 3.63) is 0 Å². The van der Waals surface area contributed by atoms with Crippen LogP contribution in [0.3, 0.4) is 0 Å². The molecule has 0 aliphatic carbocycles. The molecule has 2 N–H and O–H groups in total. The summed E-state index contributed by atoms with van der Waals surface area (Å²) >= 11 is 0. The fourth-order valence-corrected chi connectivity index (χ4v) is 1.17. The number of hydrogen-bond acceptors (Lipinski definition) is 2. The summed E-state index contributed by atoms with van der Waals surface area (Å²) < 4.78 is 13.0. The van der Waals surface area contributed by atoms with Crippen molar-refractivity contribution in [2.24, 2.45) is 0 Å². The van der Waals surface area contributed by atoms with E-state index in [2.05, 4.69) is 0 Å². The molecule has 1 unspecified atom stereocenters. The zero-order valence-electron chi connectivity index (χ0n) is 6.83. The topological polar surface area (TPSA) is 60.8 Å². The lowest BCUT2D eigenvalue weighted by molar-refractivity contribution is -0.0655. The molecule has 0 aromatic carbocycles. The average Bonchev–Trinajstić information content (AvgIpc) is 1.94. The third-order valence-corrected chi connectivity index (χ3v) is 2.21. The highest BCUT2D eigenvalue weighted by atomic mass is 19.1. The first-order valence-electron chi connectivity index (χ1n) is 3.78. The summed E-state index contributed by atoms with van der Waals surface area (Å²) in [5.41, 5.74) is -1.37. The molecule has 1 heterocycles. The van der Waals surface area contributed by atoms with Crippen LogP contribution < -0.4 is 0 Å². The zero-order chi connectivity index (χ0) is 9.35. The van der Waals surface area contributed by atoms with Gasteiger partial charge in [-0.15, -0.1) is 0 Å². The maximum Gasteiger partial charge on any atom is 0.407 e. The largest absolute Gasteiger partial charge is 0.465 e. The molecule has 1 rings (SSSR count). The summed E-state index contributed by atoms with van der Waals surface area (Å²) in [5.74, 6) is 0. The van der Waals surface area contributed by atoms with E-state index in [1.807, 2.05) is 0 Å². The molecule has 0 bridgehead atoms. The number of aliphatic hydroxyl groups is 1. The molecule has 70 valence electrons. The predicted molar refractivity (Wildman–Crippen MR) is 39.7 cm³/mol. The first-order chi connectivity index (χ1) is 5.43. The Hall–Kier alpha value is -0.840. The molecular formula is C7H12FNO3. The Bertz CT molecular complexity index is 195. The van der Waals surface area contributed by atoms with E-state index in [1.54, 1.807) is 0 Å². The van der Waals surface area contributed by atoms with Crippen LogP contribution in [-0.2, 0) is 0 Å². The summed E-state index contributed by atoms with van der Waals surface area (Å²) in [7, 11) is 0. The molecule has 0 radical (unpaired) electrons. The van der Waals surface area contributed by atoms with Crippen molar-refractivity contribution in [2.75, 3.05) is 13.1 Å². The molecule has 5 heteroatoms. The van der Waals surface area contributed by atoms with E-state index in [0.717, 1.165) is 4.90 Å². The van der Waals surface area contributed by atoms with Crippen molar-refractivity contribution in [2.45, 2.75) is 25.1 Å². The Balaban J connectivity index is 2.58. The van der Waals surface area contributed by atoms with Gasteiger partial charge < -0.3 is 15.1 Å². The number of halogens is 1. The van der Waals surface area contributed by atoms with Gasteiger partial charge in [-0.1, -0.05) is 0 Å². The first kappa shape index (κ1) is 9.25. The lowest BCUT2D eigenvalue weighted by Crippen LogP contribution is -2.53. The Morgan fingerprint density at radius 3 is 2.75 bits per heavy atom. The molecular weight excluding hydrogens is 165 g/mol. The zero-order valence-corrected chi connectivity index (χ0v) is 6.83. The molecule has 12 heavy (non-hydrogen) atoms. The third kappa shape index (κ3) is 1.66. The minimum Gasteiger partial charge on any atom is -0.465 e. The SMILES string of the molecule is CC1(O)CCN(C(=O)O)C[C@H]1F. The van der Waals surface area contributed by atoms with E-state index in [0.29, 0.717) is 0 Å². The van der Waals surface area contributed by atoms with Crippen LogP contribution in [-0.4, -0.2) is 46.1 Å². The Morgan fingerprint density at radius 1 is 1.75 bits per heavy atom. The number of alkyl halides is 1. The van der Waals surface area contributed by atoms with Crippen molar-refractivity contribution in [3.63, 3.8) is 0 Å². The van der Waals surface area contributed by atoms with E-state index in [9.17, 15) is 14.3 Å². The number of likely N-dealkylation sites (tertiary alicyclic amines) is 1. The van der Waals surface area contributed by atoms with E-state index in [-0.39, 0.29) is 19.5 Å². The van der Waals surface area contributed by atoms with E-state index >= 15 is 0 Å². The van der Waals surface area contributed by atoms with E-state index in [4.69, 9.17) is 5.11 Å². The van der Waals surface area contributed by atoms with Crippen LogP contribution in [0.2, 0.25) is 0 Å². The second-order valence-electron chi connectivity index (χ2n) is 3.30. The fourth-order valence-electron chi connectivity index (χ4n) is 1.17. The number of hydrogen-bond donors (Lipinski definition) is 2. The quantitative estimate of drug-likeness (QED) is 0.565. The monoisotopic (exact) mass is 177 g/mol. The molecule has 0 saturated carbocycles. The maximum absolute atomic E-state index is 13.0. The van der Waals surface area contributed by atoms with Gasteiger partial charge in [0.2, 0.25) is 0 Å². The van der Waals surface area contributed by atoms with E-state index < -0.39 is 17.9 Å². The second-order valence-corrected chi connectivity index (χ2v) is 3.30. The third-order valence-electron chi connectivity index (χ3n) is 2.21. The van der Waals surface area contributed by atoms with Crippen molar-refractivity contribution < 1.29 is 19.4 Å². The molecule has 4 nitrogen and oxygen atoms in total. The van der Waals surface area contributed by atoms with Gasteiger partial charge >= 0.3 is 6.09 Å². The predicted octanol–water partition coefficient (Wildman–Crippen LogP) is 0.459. The van der Waals surface area contributed by atoms with Crippen LogP contribution in [0.5, 0.6) is 0 Å². The summed E-state index contributed by atoms with van der Waals surface area (Å²) in [6.45, 7) is 1.35. The number of nitrogens with zero attached hydrogens (tertiary/aromatic N) is 1. The van der Waals surface area contributed by atoms with Gasteiger partial charge in [0.1, 0.15) is 6.17 Å². The lowest BCUT2D eigenvalue weighted by atomic mass is 9.92. The van der Waals surface area contributed by atoms with Gasteiger partial charge in [-0.3, -0.25) is 0 Å². The van der Waals surface area contributed by atoms with Gasteiger partial charge in [-0.25, -0.2) is 9.18 Å². The molecule has 1 aliphatic heterocycles. The van der Waals surface area contributed by atoms with Crippen LogP contribution >= 0.6 is 0 Å². The smallest absolute Gasteiger partial charge is 0.407 e. The number of carbonyl (C=O) groups is 1. The van der Waals surface area contributed by atoms with Gasteiger partial charge in [-0.2, -0.15) is 0 Å². The van der Waals surface area contributed by atoms with Crippen LogP contribution in [0.15, 0.2) is 0 Å². The lowest BCUT2D eigenvalue weighted by Gasteiger charge is -2.37. The van der Waals surface area contributed by atoms with Crippen molar-refractivity contribution >= 4 is 6.09 Å². The second kappa shape index (κ2) is 2.90. The van der Waals surface area contributed by atoms with Crippen molar-refractivity contribution in [1.29, 1.82) is 0 Å². The Kier molecular flexibility index (Phi) is 2.23. The van der Waals surface area contributed by atoms with Gasteiger partial charge in [-0.05, 0) is 13.3 Å². The minimum atomic E-state index is -1.48. The number of carboxylic acid groups (broad SMARTS) is 1. The van der Waals surface area contributed by atoms with Crippen LogP contribution in [0, 0.1) is 0 Å². The van der Waals surface area contributed by atoms with Gasteiger partial charge in [0, 0.05) is 6.54 Å². The summed E-state index contributed by atoms with van der Waals surface area (Å²) in [6.07, 6.45) is -2.46. The molecule has 1 amide bonds. The average molecular weight is 177 g/mol. The van der Waals surface area contributed by atoms with Crippen LogP contribution in [0.25, 0.3) is 0 Å². The highest BCUT2D eigenvalue weighted by Crippen LogP contribution is 2.24. The molecule has 2 atom stereocenters. The summed E-state index contributed by atoms with van der Waals surface area (Å²) in [6, 6.07) is 0. The highest BCUT2D eigenvalue weighted by molar-refractivity contribution is 5.65. The molecule has 0 aromatic rings. The fraction of sp³-hybridized carbons (Fsp3) is 0.857. The summed E-state index contributed by atoms with van der Waals surface area (Å²) in [4.78, 5) is 11.4. The van der Waals surface area contributed by atoms with Gasteiger partial charge in [0.15, 0.2) is 0 Å². The van der Waals surface area contributed by atoms with E-state index in [1.165, 1.54) is 6.92 Å². The van der Waals surface area contributed by atoms with Crippen LogP contribution in [0.4, 0.5) is 9.18 Å². The summed E-state index contributed by atoms with van der Waals surface area (Å²) in [5, 5.41) is 17.9. The van der Waals surface area contributed by atoms with Crippen molar-refractivity contribution in [3.8, 4) is 0 Å². The van der Waals surface area contributed by atoms with Crippen LogP contribution in [0.1, 0.15) is 13.3 Å². The molecule has 1 aliphatic rings. The van der Waals surface area contributed by atoms with Gasteiger partial charge in [0.25, 0.3) is 0 Å². The molecule has 0 aromatic heterocycles. The molecule has 1 saturated heterocycles. The Labute approximate surface area is 69.6 Å². The Morgan fingerprint density at radius 2 is 2.33 bits per heavy atom. The van der Waals surface area contributed by atoms with Crippen molar-refractivity contribution in [1.82, 2.24) is 4.90 Å². The number of amides is 1. The number of rotatable bonds is 0. The minimum absolute atomic E-state index is 0.153. The highest BCUT2D eigenvalue weighted by Gasteiger charge is 2.39. The van der Waals surface area contributed by atoms with Gasteiger partial charge in [0.05, 0.1) is 12.1 Å². The normalized spacial score (nSPS) is 36.6. The first-order valence-corrected chi connectivity index (χ1v) is 3.78. The maximum atomic E-state index is 13.0. The number of piperidine rings is 1.